The number of nitrogens with one attached hydrogen (secondary N) is 1. The third kappa shape index (κ3) is 6.21. The molecule has 0 bridgehead atoms. The SMILES string of the molecule is NC(=O)c1ccc(N2CCCCC2)c(NC(=O)CCOCC(F)(F)F)c1. The third-order valence-corrected chi connectivity index (χ3v) is 3.99. The summed E-state index contributed by atoms with van der Waals surface area (Å²) in [7, 11) is 0. The first kappa shape index (κ1) is 20.0. The number of carbonyl (C=O) groups is 2. The van der Waals surface area contributed by atoms with Gasteiger partial charge in [-0.15, -0.1) is 0 Å². The van der Waals surface area contributed by atoms with Crippen molar-refractivity contribution in [2.24, 2.45) is 5.73 Å². The van der Waals surface area contributed by atoms with Crippen LogP contribution in [0, 0.1) is 0 Å². The molecule has 1 aromatic carbocycles. The molecule has 1 aliphatic heterocycles. The predicted molar refractivity (Wildman–Crippen MR) is 91.1 cm³/mol. The van der Waals surface area contributed by atoms with E-state index in [4.69, 9.17) is 5.73 Å². The van der Waals surface area contributed by atoms with E-state index >= 15 is 0 Å². The molecular formula is C17H22F3N3O3. The monoisotopic (exact) mass is 373 g/mol. The van der Waals surface area contributed by atoms with Crippen LogP contribution in [0.15, 0.2) is 18.2 Å². The highest BCUT2D eigenvalue weighted by molar-refractivity contribution is 5.99. The molecule has 144 valence electrons. The Bertz CT molecular complexity index is 644. The zero-order valence-corrected chi connectivity index (χ0v) is 14.3. The van der Waals surface area contributed by atoms with Gasteiger partial charge < -0.3 is 20.7 Å². The summed E-state index contributed by atoms with van der Waals surface area (Å²) in [6, 6.07) is 4.80. The van der Waals surface area contributed by atoms with Gasteiger partial charge in [-0.25, -0.2) is 0 Å². The molecule has 0 saturated carbocycles. The van der Waals surface area contributed by atoms with Gasteiger partial charge in [-0.3, -0.25) is 9.59 Å². The average Bonchev–Trinajstić information content (AvgIpc) is 2.58. The molecule has 9 heteroatoms. The molecular weight excluding hydrogens is 351 g/mol. The number of amides is 2. The number of piperidine rings is 1. The van der Waals surface area contributed by atoms with Crippen molar-refractivity contribution in [2.45, 2.75) is 31.9 Å². The Balaban J connectivity index is 2.03. The second-order valence-electron chi connectivity index (χ2n) is 6.11. The Morgan fingerprint density at radius 3 is 2.50 bits per heavy atom. The van der Waals surface area contributed by atoms with E-state index in [-0.39, 0.29) is 18.6 Å². The van der Waals surface area contributed by atoms with E-state index in [9.17, 15) is 22.8 Å². The summed E-state index contributed by atoms with van der Waals surface area (Å²) in [4.78, 5) is 25.5. The van der Waals surface area contributed by atoms with Crippen LogP contribution in [0.2, 0.25) is 0 Å². The predicted octanol–water partition coefficient (Wildman–Crippen LogP) is 2.68. The lowest BCUT2D eigenvalue weighted by molar-refractivity contribution is -0.174. The van der Waals surface area contributed by atoms with Gasteiger partial charge in [-0.05, 0) is 37.5 Å². The lowest BCUT2D eigenvalue weighted by Gasteiger charge is -2.30. The second-order valence-corrected chi connectivity index (χ2v) is 6.11. The normalized spacial score (nSPS) is 15.0. The molecule has 1 saturated heterocycles. The first-order valence-corrected chi connectivity index (χ1v) is 8.39. The number of anilines is 2. The van der Waals surface area contributed by atoms with E-state index in [1.165, 1.54) is 6.07 Å². The van der Waals surface area contributed by atoms with E-state index in [0.29, 0.717) is 5.69 Å². The summed E-state index contributed by atoms with van der Waals surface area (Å²) >= 11 is 0. The van der Waals surface area contributed by atoms with Gasteiger partial charge in [0, 0.05) is 18.7 Å². The number of alkyl halides is 3. The fourth-order valence-electron chi connectivity index (χ4n) is 2.77. The fourth-order valence-corrected chi connectivity index (χ4v) is 2.77. The van der Waals surface area contributed by atoms with Gasteiger partial charge in [0.05, 0.1) is 24.4 Å². The number of rotatable bonds is 7. The molecule has 0 aromatic heterocycles. The summed E-state index contributed by atoms with van der Waals surface area (Å²) in [5, 5.41) is 2.65. The van der Waals surface area contributed by atoms with E-state index < -0.39 is 24.6 Å². The summed E-state index contributed by atoms with van der Waals surface area (Å²) in [6.45, 7) is -0.0860. The summed E-state index contributed by atoms with van der Waals surface area (Å²) in [5.41, 5.74) is 6.72. The van der Waals surface area contributed by atoms with Gasteiger partial charge in [-0.1, -0.05) is 0 Å². The maximum atomic E-state index is 12.0. The Morgan fingerprint density at radius 1 is 1.19 bits per heavy atom. The smallest absolute Gasteiger partial charge is 0.372 e. The number of hydrogen-bond donors (Lipinski definition) is 2. The Morgan fingerprint density at radius 2 is 1.88 bits per heavy atom. The minimum atomic E-state index is -4.42. The van der Waals surface area contributed by atoms with Crippen LogP contribution in [0.1, 0.15) is 36.0 Å². The zero-order chi connectivity index (χ0) is 19.2. The Hall–Kier alpha value is -2.29. The zero-order valence-electron chi connectivity index (χ0n) is 14.3. The van der Waals surface area contributed by atoms with Gasteiger partial charge >= 0.3 is 6.18 Å². The number of halogens is 3. The Labute approximate surface area is 149 Å². The average molecular weight is 373 g/mol. The van der Waals surface area contributed by atoms with E-state index in [1.807, 2.05) is 0 Å². The van der Waals surface area contributed by atoms with Crippen molar-refractivity contribution >= 4 is 23.2 Å². The van der Waals surface area contributed by atoms with Crippen LogP contribution >= 0.6 is 0 Å². The Kier molecular flexibility index (Phi) is 6.84. The lowest BCUT2D eigenvalue weighted by Crippen LogP contribution is -2.30. The van der Waals surface area contributed by atoms with Gasteiger partial charge in [0.1, 0.15) is 6.61 Å². The van der Waals surface area contributed by atoms with Gasteiger partial charge in [0.15, 0.2) is 0 Å². The second kappa shape index (κ2) is 8.88. The molecule has 3 N–H and O–H groups in total. The van der Waals surface area contributed by atoms with Crippen molar-refractivity contribution in [1.82, 2.24) is 0 Å². The molecule has 6 nitrogen and oxygen atoms in total. The molecule has 1 fully saturated rings. The first-order valence-electron chi connectivity index (χ1n) is 8.39. The largest absolute Gasteiger partial charge is 0.411 e. The molecule has 0 atom stereocenters. The van der Waals surface area contributed by atoms with Crippen LogP contribution < -0.4 is 16.0 Å². The highest BCUT2D eigenvalue weighted by atomic mass is 19.4. The summed E-state index contributed by atoms with van der Waals surface area (Å²) < 4.78 is 40.5. The molecule has 26 heavy (non-hydrogen) atoms. The van der Waals surface area contributed by atoms with Crippen LogP contribution in [0.25, 0.3) is 0 Å². The van der Waals surface area contributed by atoms with Crippen molar-refractivity contribution in [1.29, 1.82) is 0 Å². The highest BCUT2D eigenvalue weighted by Gasteiger charge is 2.27. The van der Waals surface area contributed by atoms with Gasteiger partial charge in [0.25, 0.3) is 0 Å². The van der Waals surface area contributed by atoms with Gasteiger partial charge in [-0.2, -0.15) is 13.2 Å². The van der Waals surface area contributed by atoms with Crippen molar-refractivity contribution in [2.75, 3.05) is 36.5 Å². The maximum Gasteiger partial charge on any atom is 0.411 e. The molecule has 0 radical (unpaired) electrons. The summed E-state index contributed by atoms with van der Waals surface area (Å²) in [6.07, 6.45) is -1.47. The molecule has 0 aliphatic carbocycles. The first-order chi connectivity index (χ1) is 12.3. The van der Waals surface area contributed by atoms with Crippen LogP contribution in [-0.4, -0.2) is 44.3 Å². The van der Waals surface area contributed by atoms with Crippen LogP contribution in [0.4, 0.5) is 24.5 Å². The number of nitrogens with two attached hydrogens (primary N) is 1. The van der Waals surface area contributed by atoms with Crippen LogP contribution in [0.5, 0.6) is 0 Å². The highest BCUT2D eigenvalue weighted by Crippen LogP contribution is 2.30. The van der Waals surface area contributed by atoms with E-state index in [2.05, 4.69) is 15.0 Å². The van der Waals surface area contributed by atoms with Crippen molar-refractivity contribution in [3.63, 3.8) is 0 Å². The van der Waals surface area contributed by atoms with Crippen LogP contribution in [0.3, 0.4) is 0 Å². The molecule has 0 unspecified atom stereocenters. The fraction of sp³-hybridized carbons (Fsp3) is 0.529. The van der Waals surface area contributed by atoms with Gasteiger partial charge in [0.2, 0.25) is 11.8 Å². The molecule has 1 aromatic rings. The molecule has 2 rings (SSSR count). The topological polar surface area (TPSA) is 84.7 Å². The molecule has 1 heterocycles. The molecule has 0 spiro atoms. The van der Waals surface area contributed by atoms with Crippen molar-refractivity contribution in [3.05, 3.63) is 23.8 Å². The molecule has 2 amide bonds. The van der Waals surface area contributed by atoms with Crippen LogP contribution in [-0.2, 0) is 9.53 Å². The minimum absolute atomic E-state index is 0.226. The van der Waals surface area contributed by atoms with E-state index in [1.54, 1.807) is 12.1 Å². The maximum absolute atomic E-state index is 12.0. The van der Waals surface area contributed by atoms with E-state index in [0.717, 1.165) is 38.0 Å². The number of carbonyl (C=O) groups excluding carboxylic acids is 2. The lowest BCUT2D eigenvalue weighted by atomic mass is 10.1. The third-order valence-electron chi connectivity index (χ3n) is 3.99. The number of hydrogen-bond acceptors (Lipinski definition) is 4. The number of ether oxygens (including phenoxy) is 1. The van der Waals surface area contributed by atoms with Crippen molar-refractivity contribution in [3.8, 4) is 0 Å². The number of benzene rings is 1. The van der Waals surface area contributed by atoms with Crippen molar-refractivity contribution < 1.29 is 27.5 Å². The molecule has 1 aliphatic rings. The minimum Gasteiger partial charge on any atom is -0.372 e. The quantitative estimate of drug-likeness (QED) is 0.720. The standard InChI is InChI=1S/C17H22F3N3O3/c18-17(19,20)11-26-9-6-15(24)22-13-10-12(16(21)25)4-5-14(13)23-7-2-1-3-8-23/h4-5,10H,1-3,6-9,11H2,(H2,21,25)(H,22,24). The number of nitrogens with zero attached hydrogens (tertiary/aromatic N) is 1. The number of primary amides is 1. The summed E-state index contributed by atoms with van der Waals surface area (Å²) in [5.74, 6) is -1.12.